The van der Waals surface area contributed by atoms with Crippen LogP contribution in [0.5, 0.6) is 0 Å². The molecule has 0 aromatic carbocycles. The molecule has 110 valence electrons. The molecule has 1 aliphatic rings. The van der Waals surface area contributed by atoms with Gasteiger partial charge in [-0.2, -0.15) is 11.8 Å². The molecule has 19 heavy (non-hydrogen) atoms. The van der Waals surface area contributed by atoms with Crippen molar-refractivity contribution in [2.45, 2.75) is 44.7 Å². The third-order valence-electron chi connectivity index (χ3n) is 3.37. The number of hydrogen-bond donors (Lipinski definition) is 2. The van der Waals surface area contributed by atoms with Crippen LogP contribution in [0.4, 0.5) is 0 Å². The molecule has 0 aromatic rings. The molecule has 1 fully saturated rings. The first kappa shape index (κ1) is 16.3. The quantitative estimate of drug-likeness (QED) is 0.749. The van der Waals surface area contributed by atoms with Crippen LogP contribution < -0.4 is 11.1 Å². The molecule has 0 spiro atoms. The summed E-state index contributed by atoms with van der Waals surface area (Å²) in [5, 5.41) is 2.72. The van der Waals surface area contributed by atoms with Crippen molar-refractivity contribution in [2.75, 3.05) is 25.1 Å². The summed E-state index contributed by atoms with van der Waals surface area (Å²) in [5.74, 6) is 0.625. The van der Waals surface area contributed by atoms with Gasteiger partial charge in [0, 0.05) is 13.1 Å². The number of hydrogen-bond acceptors (Lipinski definition) is 4. The smallest absolute Gasteiger partial charge is 0.244 e. The standard InChI is InChI=1S/C13H25N3O2S/c1-10(13(18)16-7-4-3-5-8-16)15-12(17)11(14)6-9-19-2/h10-11H,3-9,14H2,1-2H3,(H,15,17)/t10?,11-/m0/s1. The van der Waals surface area contributed by atoms with Gasteiger partial charge in [-0.3, -0.25) is 9.59 Å². The van der Waals surface area contributed by atoms with Gasteiger partial charge < -0.3 is 16.0 Å². The Bertz CT molecular complexity index is 306. The highest BCUT2D eigenvalue weighted by Gasteiger charge is 2.24. The molecule has 3 N–H and O–H groups in total. The zero-order chi connectivity index (χ0) is 14.3. The maximum absolute atomic E-state index is 12.1. The van der Waals surface area contributed by atoms with Crippen LogP contribution in [0.3, 0.4) is 0 Å². The number of nitrogens with one attached hydrogen (secondary N) is 1. The van der Waals surface area contributed by atoms with Crippen LogP contribution in [0.1, 0.15) is 32.6 Å². The van der Waals surface area contributed by atoms with E-state index in [1.54, 1.807) is 18.7 Å². The number of carbonyl (C=O) groups is 2. The van der Waals surface area contributed by atoms with Gasteiger partial charge in [0.25, 0.3) is 0 Å². The molecule has 5 nitrogen and oxygen atoms in total. The average molecular weight is 287 g/mol. The third kappa shape index (κ3) is 5.40. The van der Waals surface area contributed by atoms with E-state index in [2.05, 4.69) is 5.32 Å². The summed E-state index contributed by atoms with van der Waals surface area (Å²) >= 11 is 1.66. The summed E-state index contributed by atoms with van der Waals surface area (Å²) < 4.78 is 0. The average Bonchev–Trinajstić information content (AvgIpc) is 2.44. The lowest BCUT2D eigenvalue weighted by molar-refractivity contribution is -0.137. The predicted molar refractivity (Wildman–Crippen MR) is 79.0 cm³/mol. The Morgan fingerprint density at radius 3 is 2.53 bits per heavy atom. The first-order chi connectivity index (χ1) is 9.06. The second kappa shape index (κ2) is 8.43. The molecule has 0 bridgehead atoms. The third-order valence-corrected chi connectivity index (χ3v) is 4.01. The van der Waals surface area contributed by atoms with Gasteiger partial charge in [-0.05, 0) is 44.6 Å². The number of rotatable bonds is 6. The highest BCUT2D eigenvalue weighted by molar-refractivity contribution is 7.98. The Morgan fingerprint density at radius 2 is 1.95 bits per heavy atom. The molecule has 1 rings (SSSR count). The first-order valence-corrected chi connectivity index (χ1v) is 8.29. The summed E-state index contributed by atoms with van der Waals surface area (Å²) in [6, 6.07) is -1.00. The van der Waals surface area contributed by atoms with Crippen LogP contribution in [0, 0.1) is 0 Å². The van der Waals surface area contributed by atoms with Crippen molar-refractivity contribution in [3.8, 4) is 0 Å². The van der Waals surface area contributed by atoms with Gasteiger partial charge in [0.05, 0.1) is 6.04 Å². The fraction of sp³-hybridized carbons (Fsp3) is 0.846. The minimum absolute atomic E-state index is 0.00474. The van der Waals surface area contributed by atoms with Gasteiger partial charge in [0.2, 0.25) is 11.8 Å². The van der Waals surface area contributed by atoms with Crippen molar-refractivity contribution >= 4 is 23.6 Å². The maximum Gasteiger partial charge on any atom is 0.244 e. The van der Waals surface area contributed by atoms with Gasteiger partial charge in [-0.1, -0.05) is 0 Å². The highest BCUT2D eigenvalue weighted by Crippen LogP contribution is 2.10. The number of piperidine rings is 1. The Labute approximate surface area is 119 Å². The van der Waals surface area contributed by atoms with Crippen LogP contribution in [-0.4, -0.2) is 53.9 Å². The normalized spacial score (nSPS) is 18.8. The molecule has 2 atom stereocenters. The maximum atomic E-state index is 12.1. The minimum atomic E-state index is -0.524. The van der Waals surface area contributed by atoms with Crippen LogP contribution >= 0.6 is 11.8 Å². The summed E-state index contributed by atoms with van der Waals surface area (Å²) in [7, 11) is 0. The number of nitrogens with two attached hydrogens (primary N) is 1. The van der Waals surface area contributed by atoms with Gasteiger partial charge in [-0.25, -0.2) is 0 Å². The molecule has 1 heterocycles. The van der Waals surface area contributed by atoms with Crippen LogP contribution in [0.25, 0.3) is 0 Å². The lowest BCUT2D eigenvalue weighted by atomic mass is 10.1. The van der Waals surface area contributed by atoms with E-state index < -0.39 is 12.1 Å². The van der Waals surface area contributed by atoms with Gasteiger partial charge in [0.1, 0.15) is 6.04 Å². The SMILES string of the molecule is CSCC[C@H](N)C(=O)NC(C)C(=O)N1CCCCC1. The molecule has 0 saturated carbocycles. The van der Waals surface area contributed by atoms with Crippen LogP contribution in [-0.2, 0) is 9.59 Å². The van der Waals surface area contributed by atoms with Crippen molar-refractivity contribution in [3.05, 3.63) is 0 Å². The Hall–Kier alpha value is -0.750. The fourth-order valence-electron chi connectivity index (χ4n) is 2.15. The topological polar surface area (TPSA) is 75.4 Å². The van der Waals surface area contributed by atoms with E-state index in [1.165, 1.54) is 6.42 Å². The first-order valence-electron chi connectivity index (χ1n) is 6.90. The predicted octanol–water partition coefficient (Wildman–Crippen LogP) is 0.584. The van der Waals surface area contributed by atoms with E-state index in [4.69, 9.17) is 5.73 Å². The Balaban J connectivity index is 2.37. The molecule has 1 saturated heterocycles. The molecule has 1 unspecified atom stereocenters. The lowest BCUT2D eigenvalue weighted by Crippen LogP contribution is -2.52. The Kier molecular flexibility index (Phi) is 7.23. The van der Waals surface area contributed by atoms with Crippen molar-refractivity contribution < 1.29 is 9.59 Å². The summed E-state index contributed by atoms with van der Waals surface area (Å²) in [6.07, 6.45) is 5.91. The minimum Gasteiger partial charge on any atom is -0.343 e. The van der Waals surface area contributed by atoms with E-state index >= 15 is 0 Å². The van der Waals surface area contributed by atoms with Gasteiger partial charge >= 0.3 is 0 Å². The molecule has 6 heteroatoms. The molecule has 0 aliphatic carbocycles. The second-order valence-corrected chi connectivity index (χ2v) is 5.99. The van der Waals surface area contributed by atoms with Crippen LogP contribution in [0.2, 0.25) is 0 Å². The molecule has 0 aromatic heterocycles. The van der Waals surface area contributed by atoms with Crippen molar-refractivity contribution in [1.82, 2.24) is 10.2 Å². The number of thioether (sulfide) groups is 1. The van der Waals surface area contributed by atoms with E-state index in [0.717, 1.165) is 31.7 Å². The second-order valence-electron chi connectivity index (χ2n) is 5.00. The van der Waals surface area contributed by atoms with Gasteiger partial charge in [-0.15, -0.1) is 0 Å². The highest BCUT2D eigenvalue weighted by atomic mass is 32.2. The number of amides is 2. The molecule has 1 aliphatic heterocycles. The van der Waals surface area contributed by atoms with Crippen molar-refractivity contribution in [3.63, 3.8) is 0 Å². The summed E-state index contributed by atoms with van der Waals surface area (Å²) in [4.78, 5) is 25.8. The van der Waals surface area contributed by atoms with Crippen LogP contribution in [0.15, 0.2) is 0 Å². The molecular formula is C13H25N3O2S. The Morgan fingerprint density at radius 1 is 1.32 bits per heavy atom. The molecule has 0 radical (unpaired) electrons. The van der Waals surface area contributed by atoms with E-state index in [9.17, 15) is 9.59 Å². The summed E-state index contributed by atoms with van der Waals surface area (Å²) in [6.45, 7) is 3.34. The number of likely N-dealkylation sites (tertiary alicyclic amines) is 1. The van der Waals surface area contributed by atoms with E-state index in [0.29, 0.717) is 6.42 Å². The number of nitrogens with zero attached hydrogens (tertiary/aromatic N) is 1. The van der Waals surface area contributed by atoms with Crippen molar-refractivity contribution in [2.24, 2.45) is 5.73 Å². The zero-order valence-electron chi connectivity index (χ0n) is 11.9. The monoisotopic (exact) mass is 287 g/mol. The lowest BCUT2D eigenvalue weighted by Gasteiger charge is -2.29. The van der Waals surface area contributed by atoms with E-state index in [-0.39, 0.29) is 11.8 Å². The fourth-order valence-corrected chi connectivity index (χ4v) is 2.64. The van der Waals surface area contributed by atoms with E-state index in [1.807, 2.05) is 11.2 Å². The zero-order valence-corrected chi connectivity index (χ0v) is 12.7. The largest absolute Gasteiger partial charge is 0.343 e. The van der Waals surface area contributed by atoms with Crippen molar-refractivity contribution in [1.29, 1.82) is 0 Å². The molecule has 2 amide bonds. The van der Waals surface area contributed by atoms with Gasteiger partial charge in [0.15, 0.2) is 0 Å². The summed E-state index contributed by atoms with van der Waals surface area (Å²) in [5.41, 5.74) is 5.78. The molecular weight excluding hydrogens is 262 g/mol. The number of carbonyl (C=O) groups excluding carboxylic acids is 2.